The molecule has 0 bridgehead atoms. The molecule has 4 amide bonds. The van der Waals surface area contributed by atoms with Gasteiger partial charge in [-0.3, -0.25) is 14.5 Å². The zero-order valence-electron chi connectivity index (χ0n) is 33.4. The molecule has 58 heavy (non-hydrogen) atoms. The topological polar surface area (TPSA) is 195 Å². The van der Waals surface area contributed by atoms with Gasteiger partial charge in [-0.2, -0.15) is 0 Å². The number of likely N-dealkylation sites (tertiary alicyclic amines) is 2. The Hall–Kier alpha value is -6.45. The number of alkyl carbamates (subject to hydrolysis) is 1. The summed E-state index contributed by atoms with van der Waals surface area (Å²) in [5.41, 5.74) is 6.46. The highest BCUT2D eigenvalue weighted by molar-refractivity contribution is 5.87. The largest absolute Gasteiger partial charge is 0.465 e. The summed E-state index contributed by atoms with van der Waals surface area (Å²) in [4.78, 5) is 76.5. The Bertz CT molecular complexity index is 2240. The molecule has 0 saturated carbocycles. The van der Waals surface area contributed by atoms with Gasteiger partial charge in [0.15, 0.2) is 0 Å². The molecule has 0 radical (unpaired) electrons. The minimum absolute atomic E-state index is 0.176. The normalized spacial score (nSPS) is 17.7. The fourth-order valence-corrected chi connectivity index (χ4v) is 8.20. The number of amides is 4. The van der Waals surface area contributed by atoms with E-state index in [0.717, 1.165) is 69.9 Å². The van der Waals surface area contributed by atoms with Crippen molar-refractivity contribution in [1.82, 2.24) is 49.5 Å². The number of nitrogens with one attached hydrogen (secondary N) is 3. The molecule has 16 heteroatoms. The summed E-state index contributed by atoms with van der Waals surface area (Å²) in [5.74, 6) is 0.802. The summed E-state index contributed by atoms with van der Waals surface area (Å²) < 4.78 is 6.65. The number of hydrogen-bond acceptors (Lipinski definition) is 8. The Morgan fingerprint density at radius 1 is 0.828 bits per heavy atom. The van der Waals surface area contributed by atoms with Gasteiger partial charge in [0, 0.05) is 45.5 Å². The highest BCUT2D eigenvalue weighted by Gasteiger charge is 2.40. The average molecular weight is 791 g/mol. The second kappa shape index (κ2) is 17.0. The zero-order chi connectivity index (χ0) is 41.1. The Morgan fingerprint density at radius 2 is 1.33 bits per heavy atom. The van der Waals surface area contributed by atoms with E-state index in [1.165, 1.54) is 14.2 Å². The van der Waals surface area contributed by atoms with Gasteiger partial charge in [0.05, 0.1) is 49.3 Å². The summed E-state index contributed by atoms with van der Waals surface area (Å²) in [6, 6.07) is 14.3. The van der Waals surface area contributed by atoms with Gasteiger partial charge < -0.3 is 39.5 Å². The van der Waals surface area contributed by atoms with E-state index in [0.29, 0.717) is 24.7 Å². The molecule has 2 aromatic carbocycles. The molecule has 0 aliphatic carbocycles. The number of carboxylic acid groups (broad SMARTS) is 1. The first-order valence-corrected chi connectivity index (χ1v) is 19.6. The van der Waals surface area contributed by atoms with Crippen LogP contribution in [0.2, 0.25) is 0 Å². The third-order valence-electron chi connectivity index (χ3n) is 11.3. The summed E-state index contributed by atoms with van der Waals surface area (Å²) in [6.07, 6.45) is 8.50. The van der Waals surface area contributed by atoms with Gasteiger partial charge in [-0.1, -0.05) is 62.4 Å². The van der Waals surface area contributed by atoms with Crippen LogP contribution in [0, 0.1) is 5.92 Å². The van der Waals surface area contributed by atoms with Crippen molar-refractivity contribution in [1.29, 1.82) is 0 Å². The number of aryl methyl sites for hydroxylation is 1. The first kappa shape index (κ1) is 39.8. The molecule has 5 aromatic rings. The van der Waals surface area contributed by atoms with Crippen LogP contribution in [0.4, 0.5) is 9.59 Å². The predicted molar refractivity (Wildman–Crippen MR) is 215 cm³/mol. The Balaban J connectivity index is 1.01. The standard InChI is InChI=1S/C42H50N10O6/c1-25(2)36(50(4)42(56)57)40(54)52-19-7-9-35(52)38-45-23-33(47-38)29-16-12-27(13-17-29)26-10-14-28(15-11-26)32-22-44-37(46-32)34-8-6-18-51(34)39(53)31(48-41(55)58-5)20-30-21-43-24-49(30)3/h10-17,21-25,31,34-36H,6-9,18-20H2,1-5H3,(H,44,46)(H,45,47)(H,48,55)(H,56,57)/t31-,34-,35-,36-/m0/s1. The van der Waals surface area contributed by atoms with E-state index in [1.54, 1.807) is 34.7 Å². The van der Waals surface area contributed by atoms with Crippen LogP contribution in [0.1, 0.15) is 69.0 Å². The summed E-state index contributed by atoms with van der Waals surface area (Å²) in [5, 5.41) is 12.3. The number of methoxy groups -OCH3 is 1. The molecule has 3 aromatic heterocycles. The molecular formula is C42H50N10O6. The predicted octanol–water partition coefficient (Wildman–Crippen LogP) is 5.80. The van der Waals surface area contributed by atoms with Gasteiger partial charge in [0.25, 0.3) is 0 Å². The van der Waals surface area contributed by atoms with E-state index in [9.17, 15) is 24.3 Å². The number of rotatable bonds is 12. The number of hydrogen-bond donors (Lipinski definition) is 4. The Labute approximate surface area is 336 Å². The number of H-pyrrole nitrogens is 2. The molecule has 2 fully saturated rings. The van der Waals surface area contributed by atoms with Crippen molar-refractivity contribution in [2.75, 3.05) is 27.2 Å². The second-order valence-corrected chi connectivity index (χ2v) is 15.4. The summed E-state index contributed by atoms with van der Waals surface area (Å²) >= 11 is 0. The minimum Gasteiger partial charge on any atom is -0.465 e. The Kier molecular flexibility index (Phi) is 11.6. The lowest BCUT2D eigenvalue weighted by atomic mass is 10.0. The van der Waals surface area contributed by atoms with Gasteiger partial charge >= 0.3 is 12.2 Å². The van der Waals surface area contributed by atoms with Gasteiger partial charge in [-0.15, -0.1) is 0 Å². The van der Waals surface area contributed by atoms with Crippen LogP contribution >= 0.6 is 0 Å². The maximum absolute atomic E-state index is 13.9. The molecule has 0 spiro atoms. The summed E-state index contributed by atoms with van der Waals surface area (Å²) in [7, 11) is 4.57. The van der Waals surface area contributed by atoms with Crippen molar-refractivity contribution in [3.63, 3.8) is 0 Å². The molecule has 16 nitrogen and oxygen atoms in total. The molecule has 4 N–H and O–H groups in total. The number of nitrogens with zero attached hydrogens (tertiary/aromatic N) is 7. The Morgan fingerprint density at radius 3 is 1.78 bits per heavy atom. The van der Waals surface area contributed by atoms with Crippen molar-refractivity contribution in [2.24, 2.45) is 13.0 Å². The highest BCUT2D eigenvalue weighted by atomic mass is 16.5. The van der Waals surface area contributed by atoms with Crippen LogP contribution in [-0.2, 0) is 27.8 Å². The van der Waals surface area contributed by atoms with Gasteiger partial charge in [0.2, 0.25) is 11.8 Å². The number of ether oxygens (including phenoxy) is 1. The van der Waals surface area contributed by atoms with Crippen LogP contribution < -0.4 is 5.32 Å². The van der Waals surface area contributed by atoms with Crippen molar-refractivity contribution in [2.45, 2.75) is 70.1 Å². The quantitative estimate of drug-likeness (QED) is 0.121. The van der Waals surface area contributed by atoms with Crippen molar-refractivity contribution in [3.8, 4) is 33.6 Å². The SMILES string of the molecule is COC(=O)N[C@@H](Cc1cncn1C)C(=O)N1CCC[C@H]1c1ncc(-c2ccc(-c3ccc(-c4cnc([C@@H]5CCCN5C(=O)[C@H](C(C)C)N(C)C(=O)O)[nH]4)cc3)cc2)[nH]1. The average Bonchev–Trinajstić information content (AvgIpc) is 4.08. The minimum atomic E-state index is -1.13. The summed E-state index contributed by atoms with van der Waals surface area (Å²) in [6.45, 7) is 4.82. The molecule has 304 valence electrons. The van der Waals surface area contributed by atoms with Gasteiger partial charge in [0.1, 0.15) is 23.7 Å². The molecular weight excluding hydrogens is 741 g/mol. The lowest BCUT2D eigenvalue weighted by Gasteiger charge is -2.33. The fourth-order valence-electron chi connectivity index (χ4n) is 8.20. The van der Waals surface area contributed by atoms with Crippen molar-refractivity contribution >= 4 is 24.0 Å². The van der Waals surface area contributed by atoms with Gasteiger partial charge in [-0.25, -0.2) is 24.5 Å². The maximum Gasteiger partial charge on any atom is 0.407 e. The van der Waals surface area contributed by atoms with Gasteiger partial charge in [-0.05, 0) is 53.9 Å². The van der Waals surface area contributed by atoms with Crippen LogP contribution in [0.3, 0.4) is 0 Å². The third-order valence-corrected chi connectivity index (χ3v) is 11.3. The zero-order valence-corrected chi connectivity index (χ0v) is 33.4. The molecule has 4 atom stereocenters. The lowest BCUT2D eigenvalue weighted by Crippen LogP contribution is -2.51. The smallest absolute Gasteiger partial charge is 0.407 e. The van der Waals surface area contributed by atoms with Crippen molar-refractivity contribution in [3.05, 3.63) is 90.8 Å². The number of carbonyl (C=O) groups excluding carboxylic acids is 3. The van der Waals surface area contributed by atoms with Crippen LogP contribution in [0.25, 0.3) is 33.6 Å². The fraction of sp³-hybridized carbons (Fsp3) is 0.405. The highest BCUT2D eigenvalue weighted by Crippen LogP contribution is 2.35. The van der Waals surface area contributed by atoms with Crippen molar-refractivity contribution < 1.29 is 29.0 Å². The number of likely N-dealkylation sites (N-methyl/N-ethyl adjacent to an activating group) is 1. The monoisotopic (exact) mass is 790 g/mol. The number of carbonyl (C=O) groups is 4. The number of benzene rings is 2. The first-order chi connectivity index (χ1) is 27.9. The molecule has 0 unspecified atom stereocenters. The van der Waals surface area contributed by atoms with E-state index in [2.05, 4.69) is 49.5 Å². The lowest BCUT2D eigenvalue weighted by molar-refractivity contribution is -0.138. The van der Waals surface area contributed by atoms with E-state index >= 15 is 0 Å². The van der Waals surface area contributed by atoms with E-state index < -0.39 is 24.3 Å². The molecule has 2 saturated heterocycles. The van der Waals surface area contributed by atoms with Crippen LogP contribution in [0.5, 0.6) is 0 Å². The van der Waals surface area contributed by atoms with E-state index in [4.69, 9.17) is 9.72 Å². The molecule has 2 aliphatic rings. The number of aromatic amines is 2. The second-order valence-electron chi connectivity index (χ2n) is 15.4. The van der Waals surface area contributed by atoms with E-state index in [-0.39, 0.29) is 36.2 Å². The van der Waals surface area contributed by atoms with Crippen LogP contribution in [-0.4, -0.2) is 113 Å². The molecule has 2 aliphatic heterocycles. The third kappa shape index (κ3) is 8.17. The molecule has 7 rings (SSSR count). The first-order valence-electron chi connectivity index (χ1n) is 19.6. The van der Waals surface area contributed by atoms with E-state index in [1.807, 2.05) is 49.7 Å². The van der Waals surface area contributed by atoms with Crippen LogP contribution in [0.15, 0.2) is 73.4 Å². The number of aromatic nitrogens is 6. The number of imidazole rings is 3. The maximum atomic E-state index is 13.9. The molecule has 5 heterocycles.